The Labute approximate surface area is 113 Å². The quantitative estimate of drug-likeness (QED) is 0.828. The van der Waals surface area contributed by atoms with Crippen LogP contribution in [0.15, 0.2) is 24.5 Å². The van der Waals surface area contributed by atoms with Crippen molar-refractivity contribution in [1.82, 2.24) is 20.2 Å². The highest BCUT2D eigenvalue weighted by Crippen LogP contribution is 2.14. The number of nitrogens with zero attached hydrogens (tertiary/aromatic N) is 2. The zero-order valence-corrected chi connectivity index (χ0v) is 11.4. The summed E-state index contributed by atoms with van der Waals surface area (Å²) in [7, 11) is 0. The Balaban J connectivity index is 1.91. The van der Waals surface area contributed by atoms with Gasteiger partial charge in [-0.3, -0.25) is 4.79 Å². The Hall–Kier alpha value is -1.88. The van der Waals surface area contributed by atoms with Crippen LogP contribution in [0.2, 0.25) is 0 Å². The number of pyridine rings is 1. The molecule has 0 aliphatic heterocycles. The summed E-state index contributed by atoms with van der Waals surface area (Å²) in [5.41, 5.74) is 2.02. The average molecular weight is 260 g/mol. The summed E-state index contributed by atoms with van der Waals surface area (Å²) in [6.07, 6.45) is 3.70. The fourth-order valence-electron chi connectivity index (χ4n) is 2.15. The molecule has 2 aromatic rings. The van der Waals surface area contributed by atoms with Crippen LogP contribution in [0.5, 0.6) is 0 Å². The molecule has 5 heteroatoms. The van der Waals surface area contributed by atoms with Gasteiger partial charge in [0.1, 0.15) is 5.65 Å². The first-order valence-corrected chi connectivity index (χ1v) is 6.65. The Kier molecular flexibility index (Phi) is 4.52. The minimum atomic E-state index is 0.142. The van der Waals surface area contributed by atoms with E-state index in [1.807, 2.05) is 37.1 Å². The van der Waals surface area contributed by atoms with Crippen molar-refractivity contribution in [2.24, 2.45) is 0 Å². The first-order chi connectivity index (χ1) is 9.26. The Morgan fingerprint density at radius 1 is 1.42 bits per heavy atom. The lowest BCUT2D eigenvalue weighted by molar-refractivity contribution is -0.129. The summed E-state index contributed by atoms with van der Waals surface area (Å²) in [5.74, 6) is 0.142. The standard InChI is InChI=1S/C14H20N4O/c1-3-18(4-2)13(19)10-15-8-11-9-17-14-12(11)6-5-7-16-14/h5-7,9,15H,3-4,8,10H2,1-2H3,(H,16,17). The highest BCUT2D eigenvalue weighted by atomic mass is 16.2. The number of aromatic amines is 1. The number of carbonyl (C=O) groups is 1. The second-order valence-corrected chi connectivity index (χ2v) is 4.38. The average Bonchev–Trinajstić information content (AvgIpc) is 2.84. The van der Waals surface area contributed by atoms with Crippen molar-refractivity contribution in [2.75, 3.05) is 19.6 Å². The lowest BCUT2D eigenvalue weighted by Crippen LogP contribution is -2.37. The zero-order chi connectivity index (χ0) is 13.7. The van der Waals surface area contributed by atoms with Crippen LogP contribution in [0.1, 0.15) is 19.4 Å². The van der Waals surface area contributed by atoms with Crippen LogP contribution >= 0.6 is 0 Å². The van der Waals surface area contributed by atoms with E-state index in [0.29, 0.717) is 13.1 Å². The maximum absolute atomic E-state index is 11.8. The molecule has 2 aromatic heterocycles. The fourth-order valence-corrected chi connectivity index (χ4v) is 2.15. The van der Waals surface area contributed by atoms with E-state index in [0.717, 1.165) is 29.7 Å². The van der Waals surface area contributed by atoms with E-state index >= 15 is 0 Å². The molecule has 2 heterocycles. The minimum absolute atomic E-state index is 0.142. The molecule has 0 fully saturated rings. The predicted molar refractivity (Wildman–Crippen MR) is 75.7 cm³/mol. The van der Waals surface area contributed by atoms with E-state index in [2.05, 4.69) is 15.3 Å². The van der Waals surface area contributed by atoms with Crippen LogP contribution in [0.4, 0.5) is 0 Å². The number of nitrogens with one attached hydrogen (secondary N) is 2. The van der Waals surface area contributed by atoms with Gasteiger partial charge in [-0.1, -0.05) is 0 Å². The van der Waals surface area contributed by atoms with Gasteiger partial charge in [-0.25, -0.2) is 4.98 Å². The second-order valence-electron chi connectivity index (χ2n) is 4.38. The Bertz CT molecular complexity index is 545. The van der Waals surface area contributed by atoms with E-state index in [4.69, 9.17) is 0 Å². The van der Waals surface area contributed by atoms with Crippen LogP contribution in [-0.2, 0) is 11.3 Å². The van der Waals surface area contributed by atoms with Gasteiger partial charge in [-0.15, -0.1) is 0 Å². The number of H-pyrrole nitrogens is 1. The minimum Gasteiger partial charge on any atom is -0.346 e. The molecule has 0 aliphatic rings. The van der Waals surface area contributed by atoms with Crippen molar-refractivity contribution < 1.29 is 4.79 Å². The second kappa shape index (κ2) is 6.33. The van der Waals surface area contributed by atoms with Gasteiger partial charge in [-0.2, -0.15) is 0 Å². The molecule has 0 atom stereocenters. The monoisotopic (exact) mass is 260 g/mol. The van der Waals surface area contributed by atoms with Gasteiger partial charge in [0, 0.05) is 37.4 Å². The van der Waals surface area contributed by atoms with Crippen LogP contribution in [0.3, 0.4) is 0 Å². The smallest absolute Gasteiger partial charge is 0.236 e. The molecule has 0 radical (unpaired) electrons. The first-order valence-electron chi connectivity index (χ1n) is 6.65. The van der Waals surface area contributed by atoms with E-state index in [-0.39, 0.29) is 5.91 Å². The van der Waals surface area contributed by atoms with Crippen molar-refractivity contribution in [3.8, 4) is 0 Å². The number of fused-ring (bicyclic) bond motifs is 1. The van der Waals surface area contributed by atoms with Crippen LogP contribution < -0.4 is 5.32 Å². The maximum Gasteiger partial charge on any atom is 0.236 e. The number of amides is 1. The summed E-state index contributed by atoms with van der Waals surface area (Å²) in [6.45, 7) is 6.54. The van der Waals surface area contributed by atoms with Gasteiger partial charge in [0.25, 0.3) is 0 Å². The summed E-state index contributed by atoms with van der Waals surface area (Å²) in [4.78, 5) is 21.0. The third-order valence-corrected chi connectivity index (χ3v) is 3.24. The van der Waals surface area contributed by atoms with Crippen LogP contribution in [0.25, 0.3) is 11.0 Å². The van der Waals surface area contributed by atoms with Gasteiger partial charge >= 0.3 is 0 Å². The molecule has 2 rings (SSSR count). The van der Waals surface area contributed by atoms with Crippen molar-refractivity contribution in [3.63, 3.8) is 0 Å². The number of aromatic nitrogens is 2. The number of hydrogen-bond donors (Lipinski definition) is 2. The van der Waals surface area contributed by atoms with E-state index in [1.165, 1.54) is 0 Å². The SMILES string of the molecule is CCN(CC)C(=O)CNCc1c[nH]c2ncccc12. The highest BCUT2D eigenvalue weighted by Gasteiger charge is 2.09. The number of carbonyl (C=O) groups excluding carboxylic acids is 1. The molecule has 0 aromatic carbocycles. The largest absolute Gasteiger partial charge is 0.346 e. The third-order valence-electron chi connectivity index (χ3n) is 3.24. The third kappa shape index (κ3) is 3.12. The van der Waals surface area contributed by atoms with Gasteiger partial charge < -0.3 is 15.2 Å². The van der Waals surface area contributed by atoms with Gasteiger partial charge in [0.2, 0.25) is 5.91 Å². The molecular formula is C14H20N4O. The maximum atomic E-state index is 11.8. The molecule has 0 saturated heterocycles. The molecule has 1 amide bonds. The molecule has 19 heavy (non-hydrogen) atoms. The molecule has 0 spiro atoms. The summed E-state index contributed by atoms with van der Waals surface area (Å²) in [5, 5.41) is 4.29. The lowest BCUT2D eigenvalue weighted by atomic mass is 10.2. The summed E-state index contributed by atoms with van der Waals surface area (Å²) >= 11 is 0. The highest BCUT2D eigenvalue weighted by molar-refractivity contribution is 5.80. The summed E-state index contributed by atoms with van der Waals surface area (Å²) < 4.78 is 0. The molecule has 2 N–H and O–H groups in total. The van der Waals surface area contributed by atoms with Crippen molar-refractivity contribution in [2.45, 2.75) is 20.4 Å². The van der Waals surface area contributed by atoms with Crippen molar-refractivity contribution >= 4 is 16.9 Å². The van der Waals surface area contributed by atoms with E-state index in [9.17, 15) is 4.79 Å². The normalized spacial score (nSPS) is 10.8. The molecule has 0 unspecified atom stereocenters. The Morgan fingerprint density at radius 3 is 2.95 bits per heavy atom. The van der Waals surface area contributed by atoms with Crippen LogP contribution in [0, 0.1) is 0 Å². The van der Waals surface area contributed by atoms with Crippen molar-refractivity contribution in [1.29, 1.82) is 0 Å². The number of likely N-dealkylation sites (N-methyl/N-ethyl adjacent to an activating group) is 1. The first kappa shape index (κ1) is 13.5. The van der Waals surface area contributed by atoms with E-state index in [1.54, 1.807) is 6.20 Å². The molecule has 5 nitrogen and oxygen atoms in total. The number of hydrogen-bond acceptors (Lipinski definition) is 3. The van der Waals surface area contributed by atoms with Gasteiger partial charge in [0.05, 0.1) is 6.54 Å². The van der Waals surface area contributed by atoms with Crippen LogP contribution in [-0.4, -0.2) is 40.4 Å². The molecule has 0 aliphatic carbocycles. The summed E-state index contributed by atoms with van der Waals surface area (Å²) in [6, 6.07) is 3.95. The zero-order valence-electron chi connectivity index (χ0n) is 11.4. The van der Waals surface area contributed by atoms with Crippen molar-refractivity contribution in [3.05, 3.63) is 30.1 Å². The predicted octanol–water partition coefficient (Wildman–Crippen LogP) is 1.52. The van der Waals surface area contributed by atoms with Gasteiger partial charge in [-0.05, 0) is 31.5 Å². The molecule has 0 bridgehead atoms. The number of rotatable bonds is 6. The van der Waals surface area contributed by atoms with E-state index < -0.39 is 0 Å². The molecular weight excluding hydrogens is 240 g/mol. The molecule has 0 saturated carbocycles. The fraction of sp³-hybridized carbons (Fsp3) is 0.429. The molecule has 102 valence electrons. The topological polar surface area (TPSA) is 61.0 Å². The van der Waals surface area contributed by atoms with Gasteiger partial charge in [0.15, 0.2) is 0 Å². The Morgan fingerprint density at radius 2 is 2.21 bits per heavy atom. The lowest BCUT2D eigenvalue weighted by Gasteiger charge is -2.18.